The van der Waals surface area contributed by atoms with Crippen LogP contribution in [0.5, 0.6) is 0 Å². The predicted molar refractivity (Wildman–Crippen MR) is 87.6 cm³/mol. The summed E-state index contributed by atoms with van der Waals surface area (Å²) in [6.07, 6.45) is 0.310. The molecule has 0 atom stereocenters. The van der Waals surface area contributed by atoms with E-state index in [1.54, 1.807) is 6.92 Å². The molecule has 0 aliphatic heterocycles. The molecular formula is C17H17N3O2. The van der Waals surface area contributed by atoms with Crippen molar-refractivity contribution in [1.82, 2.24) is 9.97 Å². The summed E-state index contributed by atoms with van der Waals surface area (Å²) in [4.78, 5) is 19.1. The van der Waals surface area contributed by atoms with Crippen LogP contribution >= 0.6 is 0 Å². The van der Waals surface area contributed by atoms with Crippen molar-refractivity contribution in [3.05, 3.63) is 64.1 Å². The van der Waals surface area contributed by atoms with Gasteiger partial charge in [-0.05, 0) is 29.8 Å². The largest absolute Gasteiger partial charge is 0.396 e. The normalized spacial score (nSPS) is 10.8. The molecule has 5 heteroatoms. The number of hydrogen-bond donors (Lipinski definition) is 3. The van der Waals surface area contributed by atoms with Gasteiger partial charge < -0.3 is 10.4 Å². The molecule has 1 aromatic heterocycles. The first kappa shape index (κ1) is 14.3. The van der Waals surface area contributed by atoms with Crippen molar-refractivity contribution in [1.29, 1.82) is 0 Å². The first-order chi connectivity index (χ1) is 10.7. The van der Waals surface area contributed by atoms with Gasteiger partial charge >= 0.3 is 0 Å². The number of hydrogen-bond acceptors (Lipinski definition) is 4. The summed E-state index contributed by atoms with van der Waals surface area (Å²) < 4.78 is 0. The minimum Gasteiger partial charge on any atom is -0.396 e. The number of aryl methyl sites for hydroxylation is 1. The highest BCUT2D eigenvalue weighted by Crippen LogP contribution is 2.20. The van der Waals surface area contributed by atoms with Crippen LogP contribution in [-0.4, -0.2) is 21.7 Å². The third-order valence-electron chi connectivity index (χ3n) is 3.60. The monoisotopic (exact) mass is 295 g/mol. The molecule has 22 heavy (non-hydrogen) atoms. The highest BCUT2D eigenvalue weighted by Gasteiger charge is 2.08. The van der Waals surface area contributed by atoms with Gasteiger partial charge in [-0.25, -0.2) is 4.98 Å². The van der Waals surface area contributed by atoms with Gasteiger partial charge in [0.15, 0.2) is 0 Å². The topological polar surface area (TPSA) is 78.0 Å². The van der Waals surface area contributed by atoms with E-state index in [-0.39, 0.29) is 12.2 Å². The number of nitrogens with one attached hydrogen (secondary N) is 2. The van der Waals surface area contributed by atoms with Gasteiger partial charge in [0.1, 0.15) is 0 Å². The Morgan fingerprint density at radius 2 is 1.95 bits per heavy atom. The van der Waals surface area contributed by atoms with Gasteiger partial charge in [-0.15, -0.1) is 0 Å². The van der Waals surface area contributed by atoms with Gasteiger partial charge in [0.05, 0.1) is 5.69 Å². The van der Waals surface area contributed by atoms with E-state index in [0.29, 0.717) is 23.6 Å². The summed E-state index contributed by atoms with van der Waals surface area (Å²) >= 11 is 0. The number of benzene rings is 2. The van der Waals surface area contributed by atoms with Crippen molar-refractivity contribution < 1.29 is 5.11 Å². The molecule has 3 rings (SSSR count). The number of nitrogens with zero attached hydrogens (tertiary/aromatic N) is 1. The summed E-state index contributed by atoms with van der Waals surface area (Å²) in [5, 5.41) is 14.4. The number of aromatic nitrogens is 2. The summed E-state index contributed by atoms with van der Waals surface area (Å²) in [6, 6.07) is 14.0. The second-order valence-corrected chi connectivity index (χ2v) is 5.14. The number of H-pyrrole nitrogens is 1. The lowest BCUT2D eigenvalue weighted by molar-refractivity contribution is 0.298. The molecule has 0 saturated heterocycles. The molecule has 0 spiro atoms. The summed E-state index contributed by atoms with van der Waals surface area (Å²) in [6.45, 7) is 1.70. The SMILES string of the molecule is Cc1nc(Nc2ccc3ccccc3c2)[nH]c(=O)c1CCO. The molecule has 0 fully saturated rings. The Labute approximate surface area is 127 Å². The average Bonchev–Trinajstić information content (AvgIpc) is 2.51. The van der Waals surface area contributed by atoms with Gasteiger partial charge in [-0.3, -0.25) is 9.78 Å². The summed E-state index contributed by atoms with van der Waals surface area (Å²) in [7, 11) is 0. The van der Waals surface area contributed by atoms with Crippen molar-refractivity contribution in [3.63, 3.8) is 0 Å². The molecular weight excluding hydrogens is 278 g/mol. The quantitative estimate of drug-likeness (QED) is 0.691. The average molecular weight is 295 g/mol. The molecule has 1 heterocycles. The molecule has 0 aliphatic rings. The first-order valence-electron chi connectivity index (χ1n) is 7.14. The molecule has 0 unspecified atom stereocenters. The second-order valence-electron chi connectivity index (χ2n) is 5.14. The number of anilines is 2. The van der Waals surface area contributed by atoms with Crippen LogP contribution in [0.25, 0.3) is 10.8 Å². The standard InChI is InChI=1S/C17H17N3O2/c1-11-15(8-9-21)16(22)20-17(18-11)19-14-7-6-12-4-2-3-5-13(12)10-14/h2-7,10,21H,8-9H2,1H3,(H2,18,19,20,22). The van der Waals surface area contributed by atoms with Gasteiger partial charge in [0, 0.05) is 24.3 Å². The van der Waals surface area contributed by atoms with Crippen LogP contribution in [0.4, 0.5) is 11.6 Å². The lowest BCUT2D eigenvalue weighted by Gasteiger charge is -2.09. The Kier molecular flexibility index (Phi) is 3.89. The highest BCUT2D eigenvalue weighted by molar-refractivity contribution is 5.86. The molecule has 112 valence electrons. The zero-order chi connectivity index (χ0) is 15.5. The first-order valence-corrected chi connectivity index (χ1v) is 7.14. The molecule has 0 aliphatic carbocycles. The maximum atomic E-state index is 12.0. The van der Waals surface area contributed by atoms with Crippen molar-refractivity contribution in [2.24, 2.45) is 0 Å². The molecule has 0 bridgehead atoms. The number of rotatable bonds is 4. The van der Waals surface area contributed by atoms with Crippen LogP contribution in [0.2, 0.25) is 0 Å². The summed E-state index contributed by atoms with van der Waals surface area (Å²) in [5.74, 6) is 0.402. The highest BCUT2D eigenvalue weighted by atomic mass is 16.3. The molecule has 0 saturated carbocycles. The van der Waals surface area contributed by atoms with Crippen LogP contribution in [-0.2, 0) is 6.42 Å². The Morgan fingerprint density at radius 1 is 1.18 bits per heavy atom. The fraction of sp³-hybridized carbons (Fsp3) is 0.176. The third-order valence-corrected chi connectivity index (χ3v) is 3.60. The van der Waals surface area contributed by atoms with Gasteiger partial charge in [0.2, 0.25) is 5.95 Å². The molecule has 3 N–H and O–H groups in total. The zero-order valence-electron chi connectivity index (χ0n) is 12.3. The van der Waals surface area contributed by atoms with Crippen molar-refractivity contribution in [2.45, 2.75) is 13.3 Å². The van der Waals surface area contributed by atoms with E-state index in [1.165, 1.54) is 0 Å². The molecule has 0 amide bonds. The Balaban J connectivity index is 1.93. The second kappa shape index (κ2) is 5.99. The van der Waals surface area contributed by atoms with E-state index in [9.17, 15) is 4.79 Å². The molecule has 3 aromatic rings. The minimum atomic E-state index is -0.218. The van der Waals surface area contributed by atoms with Crippen molar-refractivity contribution in [3.8, 4) is 0 Å². The smallest absolute Gasteiger partial charge is 0.255 e. The number of aliphatic hydroxyl groups is 1. The van der Waals surface area contributed by atoms with Crippen LogP contribution in [0.15, 0.2) is 47.3 Å². The Morgan fingerprint density at radius 3 is 2.68 bits per heavy atom. The van der Waals surface area contributed by atoms with Crippen molar-refractivity contribution >= 4 is 22.4 Å². The van der Waals surface area contributed by atoms with E-state index < -0.39 is 0 Å². The zero-order valence-corrected chi connectivity index (χ0v) is 12.3. The van der Waals surface area contributed by atoms with Gasteiger partial charge in [-0.1, -0.05) is 30.3 Å². The van der Waals surface area contributed by atoms with E-state index >= 15 is 0 Å². The van der Waals surface area contributed by atoms with Gasteiger partial charge in [0.25, 0.3) is 5.56 Å². The third kappa shape index (κ3) is 2.84. The Hall–Kier alpha value is -2.66. The minimum absolute atomic E-state index is 0.0664. The van der Waals surface area contributed by atoms with E-state index in [2.05, 4.69) is 15.3 Å². The molecule has 2 aromatic carbocycles. The molecule has 5 nitrogen and oxygen atoms in total. The van der Waals surface area contributed by atoms with Gasteiger partial charge in [-0.2, -0.15) is 0 Å². The van der Waals surface area contributed by atoms with E-state index in [4.69, 9.17) is 5.11 Å². The van der Waals surface area contributed by atoms with Crippen LogP contribution < -0.4 is 10.9 Å². The fourth-order valence-corrected chi connectivity index (χ4v) is 2.48. The van der Waals surface area contributed by atoms with Crippen molar-refractivity contribution in [2.75, 3.05) is 11.9 Å². The van der Waals surface area contributed by atoms with E-state index in [1.807, 2.05) is 42.5 Å². The number of aliphatic hydroxyl groups excluding tert-OH is 1. The summed E-state index contributed by atoms with van der Waals surface area (Å²) in [5.41, 5.74) is 1.79. The van der Waals surface area contributed by atoms with Crippen LogP contribution in [0.1, 0.15) is 11.3 Å². The lowest BCUT2D eigenvalue weighted by Crippen LogP contribution is -2.19. The van der Waals surface area contributed by atoms with Crippen LogP contribution in [0, 0.1) is 6.92 Å². The predicted octanol–water partition coefficient (Wildman–Crippen LogP) is 2.51. The maximum absolute atomic E-state index is 12.0. The van der Waals surface area contributed by atoms with Crippen LogP contribution in [0.3, 0.4) is 0 Å². The lowest BCUT2D eigenvalue weighted by atomic mass is 10.1. The fourth-order valence-electron chi connectivity index (χ4n) is 2.48. The maximum Gasteiger partial charge on any atom is 0.255 e. The number of fused-ring (bicyclic) bond motifs is 1. The van der Waals surface area contributed by atoms with E-state index in [0.717, 1.165) is 16.5 Å². The molecule has 0 radical (unpaired) electrons. The Bertz CT molecular complexity index is 871. The number of aromatic amines is 1.